The second-order valence-corrected chi connectivity index (χ2v) is 57.5. The summed E-state index contributed by atoms with van der Waals surface area (Å²) >= 11 is 0. The first-order chi connectivity index (χ1) is 62.7. The summed E-state index contributed by atoms with van der Waals surface area (Å²) in [4.78, 5) is 36.0. The van der Waals surface area contributed by atoms with Gasteiger partial charge in [-0.1, -0.05) is 263 Å². The average molecular weight is 1940 g/mol. The van der Waals surface area contributed by atoms with Gasteiger partial charge in [0.05, 0.1) is 38.0 Å². The Kier molecular flexibility index (Phi) is 68.6. The van der Waals surface area contributed by atoms with Crippen LogP contribution in [0.25, 0.3) is 0 Å². The van der Waals surface area contributed by atoms with Crippen LogP contribution in [0.1, 0.15) is 419 Å². The van der Waals surface area contributed by atoms with Crippen molar-refractivity contribution in [1.82, 2.24) is 68.6 Å². The van der Waals surface area contributed by atoms with Crippen LogP contribution >= 0.6 is 0 Å². The smallest absolute Gasteiger partial charge is 0.0977 e. The van der Waals surface area contributed by atoms with Crippen LogP contribution in [0.3, 0.4) is 0 Å². The first-order valence-corrected chi connectivity index (χ1v) is 57.4. The topological polar surface area (TPSA) is 87.6 Å². The fraction of sp³-hybridized carbons (Fsp3) is 0.992. The van der Waals surface area contributed by atoms with Gasteiger partial charge in [-0.05, 0) is 301 Å². The predicted octanol–water partition coefficient (Wildman–Crippen LogP) is 26.1. The predicted molar refractivity (Wildman–Crippen MR) is 609 cm³/mol. The molecule has 0 spiro atoms. The molecule has 0 radical (unpaired) electrons. The maximum Gasteiger partial charge on any atom is 0.0977 e. The van der Waals surface area contributed by atoms with Gasteiger partial charge in [0.2, 0.25) is 0 Å². The molecule has 0 bridgehead atoms. The first kappa shape index (κ1) is 136. The molecule has 0 aromatic carbocycles. The minimum Gasteiger partial charge on any atom is -0.379 e. The fourth-order valence-corrected chi connectivity index (χ4v) is 19.7. The third kappa shape index (κ3) is 80.6. The van der Waals surface area contributed by atoms with E-state index in [-0.39, 0.29) is 13.5 Å². The van der Waals surface area contributed by atoms with Crippen molar-refractivity contribution >= 4 is 0 Å². The Hall–Kier alpha value is -1.15. The summed E-state index contributed by atoms with van der Waals surface area (Å²) in [5.74, 6) is 0. The minimum atomic E-state index is 0. The molecule has 9 aliphatic heterocycles. The van der Waals surface area contributed by atoms with Gasteiger partial charge in [0.15, 0.2) is 0 Å². The van der Waals surface area contributed by atoms with Crippen LogP contribution in [0, 0.1) is 70.9 Å². The monoisotopic (exact) mass is 1940 g/mol. The number of rotatable bonds is 25. The van der Waals surface area contributed by atoms with E-state index in [9.17, 15) is 0 Å². The quantitative estimate of drug-likeness (QED) is 0.0868. The molecule has 820 valence electrons. The number of morpholine rings is 2. The van der Waals surface area contributed by atoms with Gasteiger partial charge in [-0.15, -0.1) is 0 Å². The molecule has 9 saturated heterocycles. The Morgan fingerprint density at radius 2 is 0.635 bits per heavy atom. The molecule has 0 amide bonds. The van der Waals surface area contributed by atoms with Crippen LogP contribution in [-0.2, 0) is 9.47 Å². The van der Waals surface area contributed by atoms with Crippen LogP contribution < -0.4 is 0 Å². The van der Waals surface area contributed by atoms with Crippen molar-refractivity contribution in [3.63, 3.8) is 0 Å². The zero-order chi connectivity index (χ0) is 103. The van der Waals surface area contributed by atoms with Gasteiger partial charge in [0, 0.05) is 182 Å². The summed E-state index contributed by atoms with van der Waals surface area (Å²) in [6, 6.07) is 4.86. The van der Waals surface area contributed by atoms with Crippen molar-refractivity contribution in [1.29, 1.82) is 5.26 Å². The molecule has 1 saturated carbocycles. The van der Waals surface area contributed by atoms with Crippen molar-refractivity contribution in [2.24, 2.45) is 59.6 Å². The van der Waals surface area contributed by atoms with Gasteiger partial charge in [0.25, 0.3) is 0 Å². The Balaban J connectivity index is 0.00000150. The van der Waals surface area contributed by atoms with E-state index in [4.69, 9.17) is 14.7 Å². The van der Waals surface area contributed by atoms with Crippen molar-refractivity contribution in [2.45, 2.75) is 449 Å². The lowest BCUT2D eigenvalue weighted by molar-refractivity contribution is -0.0518. The van der Waals surface area contributed by atoms with E-state index >= 15 is 0 Å². The normalized spacial score (nSPS) is 22.4. The number of nitrogens with zero attached hydrogens (tertiary/aromatic N) is 15. The highest BCUT2D eigenvalue weighted by Gasteiger charge is 2.32. The van der Waals surface area contributed by atoms with E-state index < -0.39 is 0 Å². The van der Waals surface area contributed by atoms with E-state index in [0.717, 1.165) is 71.0 Å². The van der Waals surface area contributed by atoms with Crippen LogP contribution in [0.5, 0.6) is 0 Å². The van der Waals surface area contributed by atoms with Crippen LogP contribution in [0.15, 0.2) is 0 Å². The highest BCUT2D eigenvalue weighted by molar-refractivity contribution is 4.95. The van der Waals surface area contributed by atoms with Gasteiger partial charge < -0.3 is 53.6 Å². The molecular formula is C120H253N15O2. The van der Waals surface area contributed by atoms with E-state index in [0.29, 0.717) is 71.7 Å². The zero-order valence-electron chi connectivity index (χ0n) is 100. The summed E-state index contributed by atoms with van der Waals surface area (Å²) in [5.41, 5.74) is 5.20. The van der Waals surface area contributed by atoms with Crippen LogP contribution in [0.2, 0.25) is 0 Å². The van der Waals surface area contributed by atoms with Crippen molar-refractivity contribution < 1.29 is 9.47 Å². The lowest BCUT2D eigenvalue weighted by Crippen LogP contribution is -2.52. The molecule has 9 heterocycles. The molecule has 1 aliphatic carbocycles. The van der Waals surface area contributed by atoms with Crippen molar-refractivity contribution in [2.75, 3.05) is 269 Å². The number of likely N-dealkylation sites (tertiary alicyclic amines) is 2. The zero-order valence-corrected chi connectivity index (χ0v) is 100. The molecule has 3 atom stereocenters. The lowest BCUT2D eigenvalue weighted by Gasteiger charge is -2.43. The van der Waals surface area contributed by atoms with Crippen molar-refractivity contribution in [3.05, 3.63) is 0 Å². The van der Waals surface area contributed by atoms with E-state index in [1.54, 1.807) is 0 Å². The van der Waals surface area contributed by atoms with Gasteiger partial charge >= 0.3 is 0 Å². The van der Waals surface area contributed by atoms with E-state index in [1.807, 2.05) is 0 Å². The minimum absolute atomic E-state index is 0. The molecule has 17 nitrogen and oxygen atoms in total. The maximum atomic E-state index is 9.00. The summed E-state index contributed by atoms with van der Waals surface area (Å²) < 4.78 is 10.9. The average Bonchev–Trinajstić information content (AvgIpc) is 0.857. The molecule has 10 fully saturated rings. The number of piperazine rings is 5. The Morgan fingerprint density at radius 3 is 0.971 bits per heavy atom. The molecule has 0 aromatic heterocycles. The summed E-state index contributed by atoms with van der Waals surface area (Å²) in [7, 11) is 2.20. The second kappa shape index (κ2) is 69.2. The van der Waals surface area contributed by atoms with E-state index in [2.05, 4.69) is 352 Å². The van der Waals surface area contributed by atoms with Gasteiger partial charge in [-0.25, -0.2) is 0 Å². The van der Waals surface area contributed by atoms with Gasteiger partial charge in [-0.3, -0.25) is 24.5 Å². The third-order valence-electron chi connectivity index (χ3n) is 28.1. The van der Waals surface area contributed by atoms with Crippen LogP contribution in [0.4, 0.5) is 0 Å². The number of ether oxygens (including phenoxy) is 2. The summed E-state index contributed by atoms with van der Waals surface area (Å²) in [6.45, 7) is 139. The van der Waals surface area contributed by atoms with Crippen LogP contribution in [-0.4, -0.2) is 368 Å². The third-order valence-corrected chi connectivity index (χ3v) is 28.1. The Morgan fingerprint density at radius 1 is 0.314 bits per heavy atom. The molecule has 10 rings (SSSR count). The molecule has 0 unspecified atom stereocenters. The highest BCUT2D eigenvalue weighted by atomic mass is 16.5. The number of likely N-dealkylation sites (N-methyl/N-ethyl adjacent to an activating group) is 1. The number of hydrogen-bond donors (Lipinski definition) is 0. The molecule has 0 N–H and O–H groups in total. The SMILES string of the molecule is C.CC(C)(C)CC(C)(C)C.CC(C)(C)CCCN1CCN(C2CCC2)CC1.CC(C)(C)CCCN1CCOCC1.CC(C)(C)CCN1CCCCC1.CC(C)(C)CCN1CCCC[C@@H]1C#N.CC(C)N1CCN(CCCC(C)(C)C)CC1.CCCN1CCN(CC(C)(C)C)CC1.CCCN1CCN(CCC(C)(C)C)CC1.CN1CCN(CC(C)(C)C)CC1.C[C@H]1CN(CCC(C)(C)C)[C@@H](C)CO1. The summed E-state index contributed by atoms with van der Waals surface area (Å²) in [5, 5.41) is 9.00. The Labute approximate surface area is 861 Å². The maximum absolute atomic E-state index is 9.00. The number of nitriles is 1. The molecular weight excluding hydrogens is 1680 g/mol. The van der Waals surface area contributed by atoms with Gasteiger partial charge in [0.1, 0.15) is 0 Å². The standard InChI is InChI=1S/C15H30N2.C14H30N2.C13H28N2.C12H22N2.C12H26N2.C12H25NO.C11H23NO.C11H23N.C10H22N2.C9H20.CH4/c1-15(2,3)8-5-9-16-10-12-17(13-11-16)14-6-4-7-14;1-13(2)16-11-9-15(10-12-16)8-6-7-14(3,4)5;1-5-7-14-9-11-15(12-10-14)8-6-13(2,3)4;1-12(2,3)7-9-14-8-5-4-6-11(14)10-13;1-5-6-13-7-9-14(10-8-13)11-12(2,3)4;1-10-9-14-11(2)8-13(10)7-6-12(3,4)5;1-11(2,3)5-4-6-12-7-9-13-10-8-12;1-11(2,3)7-10-12-8-5-4-6-9-12;1-10(2,3)9-12-7-5-11(4)6-8-12;1-8(2,3)7-9(4,5)6;/h14H,4-13H2,1-3H3;13H,6-12H2,1-5H3;5-12H2,1-4H3;11H,4-9H2,1-3H3;5-11H2,1-4H3;10-11H,6-9H2,1-5H3;4-10H2,1-3H3;4-10H2,1-3H3;5-9H2,1-4H3;7H2,1-6H3;1H4/t;;;11-;;10-,11-;;;;;/m...1.0...../s1. The number of hydrogen-bond acceptors (Lipinski definition) is 17. The molecule has 137 heavy (non-hydrogen) atoms. The largest absolute Gasteiger partial charge is 0.379 e. The lowest BCUT2D eigenvalue weighted by atomic mass is 9.78. The fourth-order valence-electron chi connectivity index (χ4n) is 19.7. The van der Waals surface area contributed by atoms with Gasteiger partial charge in [-0.2, -0.15) is 5.26 Å². The first-order valence-electron chi connectivity index (χ1n) is 57.4. The highest BCUT2D eigenvalue weighted by Crippen LogP contribution is 2.34. The Bertz CT molecular complexity index is 2830. The molecule has 10 aliphatic rings. The van der Waals surface area contributed by atoms with Crippen molar-refractivity contribution in [3.8, 4) is 6.07 Å². The van der Waals surface area contributed by atoms with E-state index in [1.165, 1.54) is 344 Å². The second-order valence-electron chi connectivity index (χ2n) is 57.5. The molecule has 17 heteroatoms. The molecule has 0 aromatic rings. The number of piperidine rings is 2. The summed E-state index contributed by atoms with van der Waals surface area (Å²) in [6.07, 6.45) is 29.7.